The molecule has 3 nitrogen and oxygen atoms in total. The first-order chi connectivity index (χ1) is 6.68. The van der Waals surface area contributed by atoms with Crippen LogP contribution < -0.4 is 0 Å². The van der Waals surface area contributed by atoms with E-state index in [2.05, 4.69) is 6.58 Å². The van der Waals surface area contributed by atoms with Gasteiger partial charge in [-0.25, -0.2) is 4.79 Å². The van der Waals surface area contributed by atoms with E-state index in [1.54, 1.807) is 14.0 Å². The predicted molar refractivity (Wildman–Crippen MR) is 56.1 cm³/mol. The number of carbonyl (C=O) groups excluding carboxylic acids is 1. The molecule has 82 valence electrons. The van der Waals surface area contributed by atoms with Gasteiger partial charge in [-0.15, -0.1) is 0 Å². The molecule has 0 aromatic heterocycles. The minimum absolute atomic E-state index is 0.290. The van der Waals surface area contributed by atoms with Crippen molar-refractivity contribution in [3.8, 4) is 0 Å². The van der Waals surface area contributed by atoms with E-state index < -0.39 is 0 Å². The number of rotatable bonds is 8. The van der Waals surface area contributed by atoms with Crippen LogP contribution in [-0.4, -0.2) is 26.3 Å². The fraction of sp³-hybridized carbons (Fsp3) is 0.727. The zero-order chi connectivity index (χ0) is 10.8. The third-order valence-corrected chi connectivity index (χ3v) is 1.82. The summed E-state index contributed by atoms with van der Waals surface area (Å²) in [5, 5.41) is 0. The number of unbranched alkanes of at least 4 members (excludes halogenated alkanes) is 3. The van der Waals surface area contributed by atoms with Crippen molar-refractivity contribution in [2.24, 2.45) is 0 Å². The maximum Gasteiger partial charge on any atom is 0.333 e. The molecule has 0 N–H and O–H groups in total. The molecule has 0 aromatic rings. The summed E-state index contributed by atoms with van der Waals surface area (Å²) in [4.78, 5) is 10.9. The Bertz CT molecular complexity index is 175. The SMILES string of the molecule is C=C(C)C(=O)OCCCCCCOC. The van der Waals surface area contributed by atoms with Crippen LogP contribution in [0.3, 0.4) is 0 Å². The van der Waals surface area contributed by atoms with E-state index in [9.17, 15) is 4.79 Å². The van der Waals surface area contributed by atoms with Crippen molar-refractivity contribution < 1.29 is 14.3 Å². The van der Waals surface area contributed by atoms with Crippen LogP contribution in [0.15, 0.2) is 12.2 Å². The van der Waals surface area contributed by atoms with Crippen molar-refractivity contribution in [2.75, 3.05) is 20.3 Å². The molecule has 0 atom stereocenters. The average Bonchev–Trinajstić information content (AvgIpc) is 2.16. The van der Waals surface area contributed by atoms with Crippen LogP contribution in [0.25, 0.3) is 0 Å². The molecule has 0 saturated carbocycles. The lowest BCUT2D eigenvalue weighted by Gasteiger charge is -2.03. The summed E-state index contributed by atoms with van der Waals surface area (Å²) < 4.78 is 9.86. The van der Waals surface area contributed by atoms with Gasteiger partial charge in [-0.2, -0.15) is 0 Å². The Morgan fingerprint density at radius 1 is 1.14 bits per heavy atom. The highest BCUT2D eigenvalue weighted by atomic mass is 16.5. The van der Waals surface area contributed by atoms with Gasteiger partial charge >= 0.3 is 5.97 Å². The van der Waals surface area contributed by atoms with Gasteiger partial charge in [-0.05, 0) is 26.2 Å². The zero-order valence-electron chi connectivity index (χ0n) is 9.17. The van der Waals surface area contributed by atoms with Gasteiger partial charge in [0.25, 0.3) is 0 Å². The van der Waals surface area contributed by atoms with E-state index >= 15 is 0 Å². The Hall–Kier alpha value is -0.830. The quantitative estimate of drug-likeness (QED) is 0.342. The van der Waals surface area contributed by atoms with Gasteiger partial charge in [-0.1, -0.05) is 13.0 Å². The average molecular weight is 200 g/mol. The second kappa shape index (κ2) is 8.75. The Kier molecular flexibility index (Phi) is 8.24. The summed E-state index contributed by atoms with van der Waals surface area (Å²) in [5.74, 6) is -0.290. The molecular formula is C11H20O3. The van der Waals surface area contributed by atoms with Crippen molar-refractivity contribution in [1.29, 1.82) is 0 Å². The summed E-state index contributed by atoms with van der Waals surface area (Å²) in [6.07, 6.45) is 4.19. The molecule has 0 radical (unpaired) electrons. The summed E-state index contributed by atoms with van der Waals surface area (Å²) in [7, 11) is 1.70. The predicted octanol–water partition coefficient (Wildman–Crippen LogP) is 2.31. The van der Waals surface area contributed by atoms with Gasteiger partial charge in [0.2, 0.25) is 0 Å². The molecule has 0 aliphatic rings. The number of methoxy groups -OCH3 is 1. The minimum atomic E-state index is -0.290. The topological polar surface area (TPSA) is 35.5 Å². The fourth-order valence-electron chi connectivity index (χ4n) is 0.990. The van der Waals surface area contributed by atoms with Crippen LogP contribution in [0.4, 0.5) is 0 Å². The van der Waals surface area contributed by atoms with Gasteiger partial charge in [0, 0.05) is 19.3 Å². The third kappa shape index (κ3) is 7.80. The first kappa shape index (κ1) is 13.2. The Balaban J connectivity index is 3.13. The van der Waals surface area contributed by atoms with Gasteiger partial charge in [0.05, 0.1) is 6.61 Å². The lowest BCUT2D eigenvalue weighted by molar-refractivity contribution is -0.139. The zero-order valence-corrected chi connectivity index (χ0v) is 9.17. The normalized spacial score (nSPS) is 9.86. The molecule has 14 heavy (non-hydrogen) atoms. The van der Waals surface area contributed by atoms with Crippen molar-refractivity contribution in [1.82, 2.24) is 0 Å². The number of esters is 1. The molecule has 0 saturated heterocycles. The van der Waals surface area contributed by atoms with Crippen LogP contribution >= 0.6 is 0 Å². The van der Waals surface area contributed by atoms with Crippen molar-refractivity contribution >= 4 is 5.97 Å². The number of carbonyl (C=O) groups is 1. The number of hydrogen-bond acceptors (Lipinski definition) is 3. The standard InChI is InChI=1S/C11H20O3/c1-10(2)11(12)14-9-7-5-4-6-8-13-3/h1,4-9H2,2-3H3. The Labute approximate surface area is 86.1 Å². The van der Waals surface area contributed by atoms with Crippen LogP contribution in [0, 0.1) is 0 Å². The highest BCUT2D eigenvalue weighted by Crippen LogP contribution is 2.01. The van der Waals surface area contributed by atoms with Crippen molar-refractivity contribution in [3.63, 3.8) is 0 Å². The highest BCUT2D eigenvalue weighted by molar-refractivity contribution is 5.86. The second-order valence-electron chi connectivity index (χ2n) is 3.32. The van der Waals surface area contributed by atoms with Crippen LogP contribution in [0.1, 0.15) is 32.6 Å². The summed E-state index contributed by atoms with van der Waals surface area (Å²) in [6, 6.07) is 0. The fourth-order valence-corrected chi connectivity index (χ4v) is 0.990. The van der Waals surface area contributed by atoms with E-state index in [1.165, 1.54) is 0 Å². The lowest BCUT2D eigenvalue weighted by Crippen LogP contribution is -2.06. The Morgan fingerprint density at radius 3 is 2.21 bits per heavy atom. The molecule has 0 aromatic carbocycles. The molecule has 0 amide bonds. The summed E-state index contributed by atoms with van der Waals surface area (Å²) in [5.41, 5.74) is 0.462. The molecule has 0 bridgehead atoms. The van der Waals surface area contributed by atoms with E-state index in [1.807, 2.05) is 0 Å². The first-order valence-electron chi connectivity index (χ1n) is 5.00. The Morgan fingerprint density at radius 2 is 1.71 bits per heavy atom. The van der Waals surface area contributed by atoms with E-state index in [0.29, 0.717) is 12.2 Å². The molecule has 0 aliphatic carbocycles. The van der Waals surface area contributed by atoms with Gasteiger partial charge < -0.3 is 9.47 Å². The van der Waals surface area contributed by atoms with Gasteiger partial charge in [-0.3, -0.25) is 0 Å². The van der Waals surface area contributed by atoms with E-state index in [-0.39, 0.29) is 5.97 Å². The molecule has 0 aliphatic heterocycles. The van der Waals surface area contributed by atoms with Crippen LogP contribution in [0.2, 0.25) is 0 Å². The van der Waals surface area contributed by atoms with E-state index in [4.69, 9.17) is 9.47 Å². The second-order valence-corrected chi connectivity index (χ2v) is 3.32. The smallest absolute Gasteiger partial charge is 0.333 e. The number of ether oxygens (including phenoxy) is 2. The molecule has 0 heterocycles. The van der Waals surface area contributed by atoms with Gasteiger partial charge in [0.1, 0.15) is 0 Å². The summed E-state index contributed by atoms with van der Waals surface area (Å²) >= 11 is 0. The van der Waals surface area contributed by atoms with E-state index in [0.717, 1.165) is 32.3 Å². The molecule has 3 heteroatoms. The highest BCUT2D eigenvalue weighted by Gasteiger charge is 2.01. The number of hydrogen-bond donors (Lipinski definition) is 0. The molecule has 0 spiro atoms. The van der Waals surface area contributed by atoms with Gasteiger partial charge in [0.15, 0.2) is 0 Å². The maximum absolute atomic E-state index is 10.9. The van der Waals surface area contributed by atoms with Crippen LogP contribution in [-0.2, 0) is 14.3 Å². The molecule has 0 unspecified atom stereocenters. The third-order valence-electron chi connectivity index (χ3n) is 1.82. The minimum Gasteiger partial charge on any atom is -0.462 e. The first-order valence-corrected chi connectivity index (χ1v) is 5.00. The van der Waals surface area contributed by atoms with Crippen molar-refractivity contribution in [3.05, 3.63) is 12.2 Å². The van der Waals surface area contributed by atoms with Crippen LogP contribution in [0.5, 0.6) is 0 Å². The summed E-state index contributed by atoms with van der Waals surface area (Å²) in [6.45, 7) is 6.47. The monoisotopic (exact) mass is 200 g/mol. The lowest BCUT2D eigenvalue weighted by atomic mass is 10.2. The molecule has 0 rings (SSSR count). The molecular weight excluding hydrogens is 180 g/mol. The molecule has 0 fully saturated rings. The van der Waals surface area contributed by atoms with Crippen molar-refractivity contribution in [2.45, 2.75) is 32.6 Å². The maximum atomic E-state index is 10.9. The largest absolute Gasteiger partial charge is 0.462 e.